The number of amides is 1. The molecule has 6 heteroatoms. The molecule has 2 unspecified atom stereocenters. The Morgan fingerprint density at radius 2 is 2.04 bits per heavy atom. The molecule has 1 fully saturated rings. The summed E-state index contributed by atoms with van der Waals surface area (Å²) in [6.45, 7) is 7.79. The number of nitrogens with zero attached hydrogens (tertiary/aromatic N) is 1. The second kappa shape index (κ2) is 10.0. The molecule has 0 aromatic heterocycles. The Bertz CT molecular complexity index is 602. The highest BCUT2D eigenvalue weighted by Gasteiger charge is 2.34. The standard InChI is InChI=1S/C21H32FNO4/c1-21(2,3)27-20(24)23-12-7-9-16(15-23)19(26-14-8-13-25-4)17-10-5-6-11-18(17)22/h5-6,10-11,16,19H,7-9,12-15H2,1-4H3. The van der Waals surface area contributed by atoms with Gasteiger partial charge < -0.3 is 19.1 Å². The fourth-order valence-electron chi connectivity index (χ4n) is 3.35. The van der Waals surface area contributed by atoms with Gasteiger partial charge in [-0.25, -0.2) is 9.18 Å². The smallest absolute Gasteiger partial charge is 0.410 e. The third kappa shape index (κ3) is 6.78. The number of halogens is 1. The van der Waals surface area contributed by atoms with Crippen molar-refractivity contribution in [3.63, 3.8) is 0 Å². The highest BCUT2D eigenvalue weighted by Crippen LogP contribution is 2.34. The van der Waals surface area contributed by atoms with Crippen molar-refractivity contribution in [1.29, 1.82) is 0 Å². The molecule has 0 N–H and O–H groups in total. The minimum absolute atomic E-state index is 0.0192. The summed E-state index contributed by atoms with van der Waals surface area (Å²) in [7, 11) is 1.65. The van der Waals surface area contributed by atoms with Crippen molar-refractivity contribution >= 4 is 6.09 Å². The van der Waals surface area contributed by atoms with E-state index < -0.39 is 11.7 Å². The zero-order valence-electron chi connectivity index (χ0n) is 16.9. The molecule has 1 aliphatic heterocycles. The second-order valence-corrected chi connectivity index (χ2v) is 7.99. The van der Waals surface area contributed by atoms with Crippen LogP contribution in [-0.2, 0) is 14.2 Å². The molecule has 0 bridgehead atoms. The Labute approximate surface area is 161 Å². The number of rotatable bonds is 7. The van der Waals surface area contributed by atoms with Crippen LogP contribution in [0, 0.1) is 11.7 Å². The second-order valence-electron chi connectivity index (χ2n) is 7.99. The predicted molar refractivity (Wildman–Crippen MR) is 102 cm³/mol. The van der Waals surface area contributed by atoms with Crippen molar-refractivity contribution in [3.05, 3.63) is 35.6 Å². The van der Waals surface area contributed by atoms with Crippen molar-refractivity contribution in [1.82, 2.24) is 4.90 Å². The molecule has 1 saturated heterocycles. The predicted octanol–water partition coefficient (Wildman–Crippen LogP) is 4.57. The highest BCUT2D eigenvalue weighted by molar-refractivity contribution is 5.68. The van der Waals surface area contributed by atoms with Gasteiger partial charge in [-0.2, -0.15) is 0 Å². The van der Waals surface area contributed by atoms with E-state index in [0.29, 0.717) is 31.9 Å². The number of benzene rings is 1. The van der Waals surface area contributed by atoms with Crippen molar-refractivity contribution in [3.8, 4) is 0 Å². The van der Waals surface area contributed by atoms with E-state index >= 15 is 0 Å². The zero-order valence-corrected chi connectivity index (χ0v) is 16.9. The van der Waals surface area contributed by atoms with Crippen LogP contribution in [0.25, 0.3) is 0 Å². The lowest BCUT2D eigenvalue weighted by Gasteiger charge is -2.37. The van der Waals surface area contributed by atoms with Gasteiger partial charge in [0, 0.05) is 44.9 Å². The summed E-state index contributed by atoms with van der Waals surface area (Å²) in [6, 6.07) is 6.71. The summed E-state index contributed by atoms with van der Waals surface area (Å²) in [6.07, 6.45) is 1.75. The third-order valence-electron chi connectivity index (χ3n) is 4.54. The number of ether oxygens (including phenoxy) is 3. The fourth-order valence-corrected chi connectivity index (χ4v) is 3.35. The topological polar surface area (TPSA) is 48.0 Å². The Balaban J connectivity index is 2.11. The van der Waals surface area contributed by atoms with Crippen LogP contribution >= 0.6 is 0 Å². The maximum atomic E-state index is 14.4. The molecule has 152 valence electrons. The quantitative estimate of drug-likeness (QED) is 0.649. The third-order valence-corrected chi connectivity index (χ3v) is 4.54. The number of carbonyl (C=O) groups is 1. The zero-order chi connectivity index (χ0) is 19.9. The maximum absolute atomic E-state index is 14.4. The van der Waals surface area contributed by atoms with Crippen LogP contribution in [0.5, 0.6) is 0 Å². The average Bonchev–Trinajstić information content (AvgIpc) is 2.61. The molecule has 27 heavy (non-hydrogen) atoms. The van der Waals surface area contributed by atoms with Crippen LogP contribution in [0.3, 0.4) is 0 Å². The van der Waals surface area contributed by atoms with Crippen LogP contribution in [0.4, 0.5) is 9.18 Å². The Kier molecular flexibility index (Phi) is 8.05. The number of carbonyl (C=O) groups excluding carboxylic acids is 1. The van der Waals surface area contributed by atoms with Crippen LogP contribution in [-0.4, -0.2) is 50.0 Å². The molecule has 0 spiro atoms. The first kappa shape index (κ1) is 21.6. The Morgan fingerprint density at radius 3 is 2.70 bits per heavy atom. The molecule has 1 amide bonds. The van der Waals surface area contributed by atoms with Crippen molar-refractivity contribution in [2.45, 2.75) is 51.7 Å². The van der Waals surface area contributed by atoms with E-state index in [-0.39, 0.29) is 17.8 Å². The molecular formula is C21H32FNO4. The van der Waals surface area contributed by atoms with Crippen LogP contribution < -0.4 is 0 Å². The monoisotopic (exact) mass is 381 g/mol. The van der Waals surface area contributed by atoms with E-state index in [9.17, 15) is 9.18 Å². The highest BCUT2D eigenvalue weighted by atomic mass is 19.1. The fraction of sp³-hybridized carbons (Fsp3) is 0.667. The van der Waals surface area contributed by atoms with E-state index in [4.69, 9.17) is 14.2 Å². The molecule has 1 aliphatic rings. The van der Waals surface area contributed by atoms with Gasteiger partial charge in [-0.3, -0.25) is 0 Å². The van der Waals surface area contributed by atoms with Crippen LogP contribution in [0.15, 0.2) is 24.3 Å². The molecular weight excluding hydrogens is 349 g/mol. The first-order valence-electron chi connectivity index (χ1n) is 9.64. The summed E-state index contributed by atoms with van der Waals surface area (Å²) in [4.78, 5) is 14.2. The molecule has 2 rings (SSSR count). The van der Waals surface area contributed by atoms with Gasteiger partial charge in [-0.1, -0.05) is 18.2 Å². The van der Waals surface area contributed by atoms with Crippen LogP contribution in [0.2, 0.25) is 0 Å². The van der Waals surface area contributed by atoms with E-state index in [1.54, 1.807) is 24.1 Å². The first-order chi connectivity index (χ1) is 12.8. The van der Waals surface area contributed by atoms with Gasteiger partial charge in [-0.05, 0) is 46.1 Å². The number of piperidine rings is 1. The Morgan fingerprint density at radius 1 is 1.30 bits per heavy atom. The van der Waals surface area contributed by atoms with Gasteiger partial charge in [-0.15, -0.1) is 0 Å². The molecule has 0 aliphatic carbocycles. The minimum Gasteiger partial charge on any atom is -0.444 e. The van der Waals surface area contributed by atoms with Gasteiger partial charge in [0.25, 0.3) is 0 Å². The average molecular weight is 381 g/mol. The molecule has 0 saturated carbocycles. The summed E-state index contributed by atoms with van der Waals surface area (Å²) in [5, 5.41) is 0. The summed E-state index contributed by atoms with van der Waals surface area (Å²) >= 11 is 0. The van der Waals surface area contributed by atoms with Gasteiger partial charge in [0.1, 0.15) is 11.4 Å². The molecule has 5 nitrogen and oxygen atoms in total. The summed E-state index contributed by atoms with van der Waals surface area (Å²) < 4.78 is 31.1. The molecule has 1 aromatic carbocycles. The normalized spacial score (nSPS) is 19.0. The van der Waals surface area contributed by atoms with Crippen molar-refractivity contribution in [2.24, 2.45) is 5.92 Å². The van der Waals surface area contributed by atoms with E-state index in [1.807, 2.05) is 26.8 Å². The molecule has 1 aromatic rings. The van der Waals surface area contributed by atoms with Gasteiger partial charge in [0.05, 0.1) is 6.10 Å². The number of hydrogen-bond donors (Lipinski definition) is 0. The lowest BCUT2D eigenvalue weighted by molar-refractivity contribution is -0.0309. The van der Waals surface area contributed by atoms with Gasteiger partial charge in [0.15, 0.2) is 0 Å². The number of hydrogen-bond acceptors (Lipinski definition) is 4. The van der Waals surface area contributed by atoms with Gasteiger partial charge >= 0.3 is 6.09 Å². The SMILES string of the molecule is COCCCOC(c1ccccc1F)C1CCCN(C(=O)OC(C)(C)C)C1. The van der Waals surface area contributed by atoms with E-state index in [1.165, 1.54) is 6.07 Å². The molecule has 2 atom stereocenters. The van der Waals surface area contributed by atoms with E-state index in [0.717, 1.165) is 19.3 Å². The molecule has 1 heterocycles. The maximum Gasteiger partial charge on any atom is 0.410 e. The van der Waals surface area contributed by atoms with E-state index in [2.05, 4.69) is 0 Å². The lowest BCUT2D eigenvalue weighted by Crippen LogP contribution is -2.44. The van der Waals surface area contributed by atoms with Gasteiger partial charge in [0.2, 0.25) is 0 Å². The largest absolute Gasteiger partial charge is 0.444 e. The van der Waals surface area contributed by atoms with Crippen molar-refractivity contribution < 1.29 is 23.4 Å². The number of methoxy groups -OCH3 is 1. The van der Waals surface area contributed by atoms with Crippen molar-refractivity contribution in [2.75, 3.05) is 33.4 Å². The Hall–Kier alpha value is -1.66. The number of likely N-dealkylation sites (tertiary alicyclic amines) is 1. The van der Waals surface area contributed by atoms with Crippen LogP contribution in [0.1, 0.15) is 51.7 Å². The summed E-state index contributed by atoms with van der Waals surface area (Å²) in [5.41, 5.74) is 0.0111. The molecule has 0 radical (unpaired) electrons. The minimum atomic E-state index is -0.536. The lowest BCUT2D eigenvalue weighted by atomic mass is 9.88. The first-order valence-corrected chi connectivity index (χ1v) is 9.64. The summed E-state index contributed by atoms with van der Waals surface area (Å²) in [5.74, 6) is -0.255.